The summed E-state index contributed by atoms with van der Waals surface area (Å²) < 4.78 is 14.4. The van der Waals surface area contributed by atoms with Crippen LogP contribution >= 0.6 is 0 Å². The number of aliphatic carboxylic acids is 1. The van der Waals surface area contributed by atoms with E-state index >= 15 is 0 Å². The molecule has 1 N–H and O–H groups in total. The maximum absolute atomic E-state index is 12.8. The first-order valence-electron chi connectivity index (χ1n) is 15.9. The van der Waals surface area contributed by atoms with Gasteiger partial charge in [0, 0.05) is 48.8 Å². The summed E-state index contributed by atoms with van der Waals surface area (Å²) in [6.07, 6.45) is 1.47. The molecule has 2 atom stereocenters. The number of piperidine rings is 1. The van der Waals surface area contributed by atoms with Crippen LogP contribution in [-0.2, 0) is 14.4 Å². The van der Waals surface area contributed by atoms with Crippen molar-refractivity contribution in [2.45, 2.75) is 91.6 Å². The van der Waals surface area contributed by atoms with E-state index in [4.69, 9.17) is 24.4 Å². The molecule has 2 unspecified atom stereocenters. The van der Waals surface area contributed by atoms with Crippen molar-refractivity contribution in [2.24, 2.45) is 5.16 Å². The van der Waals surface area contributed by atoms with Gasteiger partial charge in [-0.15, -0.1) is 0 Å². The third-order valence-electron chi connectivity index (χ3n) is 8.88. The van der Waals surface area contributed by atoms with Gasteiger partial charge in [-0.3, -0.25) is 0 Å². The molecule has 0 saturated carbocycles. The minimum absolute atomic E-state index is 0.327. The predicted octanol–water partition coefficient (Wildman–Crippen LogP) is 7.07. The predicted molar refractivity (Wildman–Crippen MR) is 179 cm³/mol. The monoisotopic (exact) mass is 625 g/mol. The second-order valence-electron chi connectivity index (χ2n) is 13.7. The van der Waals surface area contributed by atoms with Gasteiger partial charge in [-0.2, -0.15) is 9.61 Å². The first-order valence-corrected chi connectivity index (χ1v) is 15.9. The molecule has 10 nitrogen and oxygen atoms in total. The van der Waals surface area contributed by atoms with E-state index in [-0.39, 0.29) is 6.10 Å². The van der Waals surface area contributed by atoms with E-state index in [1.165, 1.54) is 0 Å². The highest BCUT2D eigenvalue weighted by Gasteiger charge is 2.38. The standard InChI is InChI=1S/C36H43N5O5/c1-21-12-13-28-30(23(21)3)26-11-9-10-25(18-26)27-19-29-38-24(4)31(32(34(42)43)45-35(5,6)7)33(41(29)39-27)40-16-14-36(8,15-17-40)46-37-20-22(2)44-28/h9-13,18-20,22,32H,14-17H2,1-8H3,(H,42,43). The minimum Gasteiger partial charge on any atom is -0.484 e. The molecule has 0 radical (unpaired) electrons. The lowest BCUT2D eigenvalue weighted by Gasteiger charge is -2.40. The van der Waals surface area contributed by atoms with E-state index in [1.54, 1.807) is 10.7 Å². The van der Waals surface area contributed by atoms with E-state index in [1.807, 2.05) is 58.9 Å². The van der Waals surface area contributed by atoms with Crippen LogP contribution in [0.1, 0.15) is 75.9 Å². The fraction of sp³-hybridized carbons (Fsp3) is 0.444. The second kappa shape index (κ2) is 11.7. The topological polar surface area (TPSA) is 111 Å². The summed E-state index contributed by atoms with van der Waals surface area (Å²) in [5, 5.41) is 19.9. The van der Waals surface area contributed by atoms with Crippen LogP contribution < -0.4 is 9.64 Å². The zero-order valence-corrected chi connectivity index (χ0v) is 27.9. The first kappa shape index (κ1) is 31.5. The molecule has 7 rings (SSSR count). The Hall–Kier alpha value is -4.44. The summed E-state index contributed by atoms with van der Waals surface area (Å²) in [6, 6.07) is 14.3. The van der Waals surface area contributed by atoms with Crippen LogP contribution in [0.4, 0.5) is 5.82 Å². The van der Waals surface area contributed by atoms with E-state index < -0.39 is 23.3 Å². The average Bonchev–Trinajstić information content (AvgIpc) is 3.41. The molecule has 3 aliphatic heterocycles. The van der Waals surface area contributed by atoms with Gasteiger partial charge in [-0.05, 0) is 84.2 Å². The van der Waals surface area contributed by atoms with Crippen molar-refractivity contribution in [3.63, 3.8) is 0 Å². The lowest BCUT2D eigenvalue weighted by molar-refractivity contribution is -0.160. The number of hydrogen-bond donors (Lipinski definition) is 1. The number of rotatable bonds is 3. The molecule has 0 amide bonds. The Morgan fingerprint density at radius 1 is 1.09 bits per heavy atom. The summed E-state index contributed by atoms with van der Waals surface area (Å²) in [7, 11) is 0. The molecule has 2 aromatic carbocycles. The molecule has 242 valence electrons. The normalized spacial score (nSPS) is 20.5. The van der Waals surface area contributed by atoms with Gasteiger partial charge in [-0.1, -0.05) is 29.4 Å². The Balaban J connectivity index is 1.60. The highest BCUT2D eigenvalue weighted by Crippen LogP contribution is 2.40. The van der Waals surface area contributed by atoms with Crippen molar-refractivity contribution in [2.75, 3.05) is 18.0 Å². The van der Waals surface area contributed by atoms with Gasteiger partial charge in [0.1, 0.15) is 23.3 Å². The van der Waals surface area contributed by atoms with E-state index in [0.717, 1.165) is 39.3 Å². The van der Waals surface area contributed by atoms with Crippen LogP contribution in [0, 0.1) is 20.8 Å². The number of benzene rings is 2. The number of carbonyl (C=O) groups is 1. The van der Waals surface area contributed by atoms with Crippen LogP contribution in [0.5, 0.6) is 5.75 Å². The molecule has 10 heteroatoms. The lowest BCUT2D eigenvalue weighted by atomic mass is 9.93. The number of anilines is 1. The molecular formula is C36H43N5O5. The number of aryl methyl sites for hydroxylation is 2. The zero-order valence-electron chi connectivity index (χ0n) is 27.9. The SMILES string of the molecule is Cc1ccc2c(c1C)-c1cccc(c1)-c1cc3nc(C)c(C(OC(C)(C)C)C(=O)O)c(n3n1)N1CCC(C)(CC1)ON=CC(C)O2. The Bertz CT molecular complexity index is 1830. The molecule has 1 saturated heterocycles. The number of carboxylic acid groups (broad SMARTS) is 1. The summed E-state index contributed by atoms with van der Waals surface area (Å²) in [5.74, 6) is 0.361. The molecule has 4 aromatic rings. The fourth-order valence-corrected chi connectivity index (χ4v) is 6.29. The van der Waals surface area contributed by atoms with Gasteiger partial charge in [0.2, 0.25) is 0 Å². The van der Waals surface area contributed by atoms with Gasteiger partial charge in [-0.25, -0.2) is 9.78 Å². The quantitative estimate of drug-likeness (QED) is 0.257. The van der Waals surface area contributed by atoms with Crippen LogP contribution in [0.25, 0.3) is 28.0 Å². The van der Waals surface area contributed by atoms with Crippen LogP contribution in [0.3, 0.4) is 0 Å². The molecule has 1 fully saturated rings. The van der Waals surface area contributed by atoms with E-state index in [0.29, 0.717) is 48.7 Å². The van der Waals surface area contributed by atoms with Crippen molar-refractivity contribution in [3.8, 4) is 28.1 Å². The number of oxime groups is 1. The molecule has 0 aliphatic carbocycles. The fourth-order valence-electron chi connectivity index (χ4n) is 6.29. The largest absolute Gasteiger partial charge is 0.484 e. The zero-order chi connectivity index (χ0) is 33.0. The van der Waals surface area contributed by atoms with Crippen LogP contribution in [0.15, 0.2) is 47.6 Å². The third kappa shape index (κ3) is 6.06. The van der Waals surface area contributed by atoms with Gasteiger partial charge in [0.25, 0.3) is 0 Å². The maximum atomic E-state index is 12.8. The number of ether oxygens (including phenoxy) is 2. The highest BCUT2D eigenvalue weighted by atomic mass is 16.6. The van der Waals surface area contributed by atoms with Gasteiger partial charge < -0.3 is 24.3 Å². The Labute approximate surface area is 270 Å². The van der Waals surface area contributed by atoms with Gasteiger partial charge in [0.15, 0.2) is 11.8 Å². The summed E-state index contributed by atoms with van der Waals surface area (Å²) >= 11 is 0. The molecular weight excluding hydrogens is 582 g/mol. The summed E-state index contributed by atoms with van der Waals surface area (Å²) in [6.45, 7) is 16.8. The average molecular weight is 626 g/mol. The van der Waals surface area contributed by atoms with E-state index in [9.17, 15) is 9.90 Å². The van der Waals surface area contributed by atoms with Gasteiger partial charge in [0.05, 0.1) is 23.1 Å². The molecule has 6 bridgehead atoms. The Morgan fingerprint density at radius 3 is 2.50 bits per heavy atom. The minimum atomic E-state index is -1.24. The number of aromatic nitrogens is 3. The maximum Gasteiger partial charge on any atom is 0.337 e. The van der Waals surface area contributed by atoms with Crippen LogP contribution in [0.2, 0.25) is 0 Å². The number of hydrogen-bond acceptors (Lipinski definition) is 8. The van der Waals surface area contributed by atoms with Crippen molar-refractivity contribution >= 4 is 23.6 Å². The van der Waals surface area contributed by atoms with Crippen molar-refractivity contribution in [1.29, 1.82) is 0 Å². The Morgan fingerprint density at radius 2 is 1.80 bits per heavy atom. The summed E-state index contributed by atoms with van der Waals surface area (Å²) in [4.78, 5) is 26.0. The molecule has 2 aromatic heterocycles. The van der Waals surface area contributed by atoms with Gasteiger partial charge >= 0.3 is 5.97 Å². The smallest absolute Gasteiger partial charge is 0.337 e. The molecule has 5 heterocycles. The molecule has 0 spiro atoms. The van der Waals surface area contributed by atoms with Crippen molar-refractivity contribution in [1.82, 2.24) is 14.6 Å². The highest BCUT2D eigenvalue weighted by molar-refractivity contribution is 5.81. The number of fused-ring (bicyclic) bond motifs is 5. The third-order valence-corrected chi connectivity index (χ3v) is 8.88. The summed E-state index contributed by atoms with van der Waals surface area (Å²) in [5.41, 5.74) is 6.44. The van der Waals surface area contributed by atoms with Crippen LogP contribution in [-0.4, -0.2) is 62.3 Å². The second-order valence-corrected chi connectivity index (χ2v) is 13.7. The van der Waals surface area contributed by atoms with E-state index in [2.05, 4.69) is 49.0 Å². The van der Waals surface area contributed by atoms with Crippen molar-refractivity contribution in [3.05, 3.63) is 64.8 Å². The number of carboxylic acids is 1. The van der Waals surface area contributed by atoms with Crippen molar-refractivity contribution < 1.29 is 24.2 Å². The Kier molecular flexibility index (Phi) is 8.04. The molecule has 3 aliphatic rings. The number of nitrogens with zero attached hydrogens (tertiary/aromatic N) is 5. The molecule has 46 heavy (non-hydrogen) atoms. The first-order chi connectivity index (χ1) is 21.7. The lowest BCUT2D eigenvalue weighted by Crippen LogP contribution is -2.45.